The van der Waals surface area contributed by atoms with E-state index in [1.165, 1.54) is 12.8 Å². The first kappa shape index (κ1) is 24.6. The number of benzene rings is 1. The van der Waals surface area contributed by atoms with E-state index in [4.69, 9.17) is 12.2 Å². The topological polar surface area (TPSA) is 27.3 Å². The van der Waals surface area contributed by atoms with Crippen molar-refractivity contribution in [2.45, 2.75) is 64.3 Å². The average Bonchev–Trinajstić information content (AvgIpc) is 3.33. The van der Waals surface area contributed by atoms with Gasteiger partial charge in [-0.05, 0) is 92.4 Å². The number of nitrogens with zero attached hydrogens (tertiary/aromatic N) is 1. The Morgan fingerprint density at radius 1 is 1.03 bits per heavy atom. The lowest BCUT2D eigenvalue weighted by Crippen LogP contribution is -2.51. The van der Waals surface area contributed by atoms with Crippen molar-refractivity contribution in [1.82, 2.24) is 10.2 Å². The number of nitrogens with one attached hydrogen (secondary N) is 2. The average molecular weight is 494 g/mol. The summed E-state index contributed by atoms with van der Waals surface area (Å²) < 4.78 is 78.9. The Balaban J connectivity index is 1.49. The van der Waals surface area contributed by atoms with Crippen molar-refractivity contribution in [2.75, 3.05) is 25.0 Å². The molecule has 3 unspecified atom stereocenters. The number of thiocarbonyl (C=S) groups is 1. The second-order valence-corrected chi connectivity index (χ2v) is 10.6. The molecule has 1 aromatic rings. The van der Waals surface area contributed by atoms with Crippen LogP contribution in [-0.4, -0.2) is 35.7 Å². The minimum absolute atomic E-state index is 0.0109. The number of halogens is 6. The number of rotatable bonds is 4. The van der Waals surface area contributed by atoms with Crippen molar-refractivity contribution >= 4 is 23.0 Å². The smallest absolute Gasteiger partial charge is 0.359 e. The van der Waals surface area contributed by atoms with E-state index in [0.717, 1.165) is 38.9 Å². The highest BCUT2D eigenvalue weighted by molar-refractivity contribution is 7.80. The summed E-state index contributed by atoms with van der Waals surface area (Å²) in [7, 11) is 0. The molecule has 3 fully saturated rings. The van der Waals surface area contributed by atoms with Crippen LogP contribution >= 0.6 is 12.2 Å². The fraction of sp³-hybridized carbons (Fsp3) is 0.696. The van der Waals surface area contributed by atoms with Crippen LogP contribution in [0.2, 0.25) is 0 Å². The summed E-state index contributed by atoms with van der Waals surface area (Å²) >= 11 is 5.33. The standard InChI is InChI=1S/C23H29F6N3S/c1-20-6-5-14(21(20,2)13-32-7-3-4-8-32)12-18(20)31-19(33)30-17-10-15(22(24,25)26)9-16(11-17)23(27,28)29/h9-11,14,18H,3-8,12-13H2,1-2H3,(H2,30,31,33)/t14?,18-,20?,21?/m1/s1. The fourth-order valence-electron chi connectivity index (χ4n) is 6.33. The highest BCUT2D eigenvalue weighted by atomic mass is 32.1. The molecule has 2 aliphatic carbocycles. The molecule has 2 saturated carbocycles. The summed E-state index contributed by atoms with van der Waals surface area (Å²) in [6.07, 6.45) is -4.34. The zero-order valence-corrected chi connectivity index (χ0v) is 19.5. The Kier molecular flexibility index (Phi) is 6.17. The number of hydrogen-bond donors (Lipinski definition) is 2. The molecule has 0 radical (unpaired) electrons. The maximum absolute atomic E-state index is 13.2. The third-order valence-corrected chi connectivity index (χ3v) is 8.63. The van der Waals surface area contributed by atoms with Crippen LogP contribution in [0.5, 0.6) is 0 Å². The summed E-state index contributed by atoms with van der Waals surface area (Å²) in [5, 5.41) is 5.86. The highest BCUT2D eigenvalue weighted by Crippen LogP contribution is 2.66. The van der Waals surface area contributed by atoms with Crippen LogP contribution in [-0.2, 0) is 12.4 Å². The van der Waals surface area contributed by atoms with Gasteiger partial charge in [0.1, 0.15) is 0 Å². The van der Waals surface area contributed by atoms with Gasteiger partial charge in [0.05, 0.1) is 11.1 Å². The van der Waals surface area contributed by atoms with Gasteiger partial charge in [-0.1, -0.05) is 13.8 Å². The molecule has 184 valence electrons. The summed E-state index contributed by atoms with van der Waals surface area (Å²) in [5.41, 5.74) is -3.04. The highest BCUT2D eigenvalue weighted by Gasteiger charge is 2.64. The van der Waals surface area contributed by atoms with Gasteiger partial charge in [-0.25, -0.2) is 0 Å². The number of alkyl halides is 6. The molecule has 3 aliphatic rings. The van der Waals surface area contributed by atoms with Crippen molar-refractivity contribution < 1.29 is 26.3 Å². The molecule has 1 aromatic carbocycles. The van der Waals surface area contributed by atoms with Gasteiger partial charge in [0.25, 0.3) is 0 Å². The van der Waals surface area contributed by atoms with Crippen LogP contribution < -0.4 is 10.6 Å². The zero-order valence-electron chi connectivity index (χ0n) is 18.7. The second-order valence-electron chi connectivity index (χ2n) is 10.2. The van der Waals surface area contributed by atoms with Crippen LogP contribution in [0.4, 0.5) is 32.0 Å². The van der Waals surface area contributed by atoms with Crippen molar-refractivity contribution in [3.05, 3.63) is 29.3 Å². The normalized spacial score (nSPS) is 32.4. The van der Waals surface area contributed by atoms with E-state index in [9.17, 15) is 26.3 Å². The first-order valence-electron chi connectivity index (χ1n) is 11.3. The first-order chi connectivity index (χ1) is 15.2. The molecule has 0 aromatic heterocycles. The van der Waals surface area contributed by atoms with Crippen LogP contribution in [0.15, 0.2) is 18.2 Å². The van der Waals surface area contributed by atoms with Crippen LogP contribution in [0.25, 0.3) is 0 Å². The van der Waals surface area contributed by atoms with E-state index in [1.807, 2.05) is 0 Å². The number of hydrogen-bond acceptors (Lipinski definition) is 2. The minimum Gasteiger partial charge on any atom is -0.359 e. The van der Waals surface area contributed by atoms with Crippen LogP contribution in [0.3, 0.4) is 0 Å². The zero-order chi connectivity index (χ0) is 24.2. The maximum atomic E-state index is 13.2. The van der Waals surface area contributed by atoms with Crippen LogP contribution in [0.1, 0.15) is 57.1 Å². The lowest BCUT2D eigenvalue weighted by Gasteiger charge is -2.44. The second kappa shape index (κ2) is 8.29. The Hall–Kier alpha value is -1.55. The minimum atomic E-state index is -4.90. The molecule has 0 spiro atoms. The van der Waals surface area contributed by atoms with Gasteiger partial charge in [0.2, 0.25) is 0 Å². The maximum Gasteiger partial charge on any atom is 0.416 e. The Labute approximate surface area is 195 Å². The Morgan fingerprint density at radius 2 is 1.61 bits per heavy atom. The molecule has 4 atom stereocenters. The van der Waals surface area contributed by atoms with Gasteiger partial charge >= 0.3 is 12.4 Å². The van der Waals surface area contributed by atoms with Gasteiger partial charge in [0.15, 0.2) is 5.11 Å². The molecule has 4 rings (SSSR count). The van der Waals surface area contributed by atoms with E-state index in [-0.39, 0.29) is 33.7 Å². The predicted molar refractivity (Wildman–Crippen MR) is 119 cm³/mol. The molecule has 0 amide bonds. The number of anilines is 1. The molecule has 10 heteroatoms. The molecule has 33 heavy (non-hydrogen) atoms. The third kappa shape index (κ3) is 4.57. The van der Waals surface area contributed by atoms with Gasteiger partial charge in [-0.3, -0.25) is 0 Å². The van der Waals surface area contributed by atoms with Gasteiger partial charge in [-0.15, -0.1) is 0 Å². The predicted octanol–water partition coefficient (Wildman–Crippen LogP) is 6.30. The summed E-state index contributed by atoms with van der Waals surface area (Å²) in [4.78, 5) is 2.51. The van der Waals surface area contributed by atoms with E-state index < -0.39 is 23.5 Å². The van der Waals surface area contributed by atoms with E-state index in [1.54, 1.807) is 0 Å². The molecular weight excluding hydrogens is 464 g/mol. The molecule has 1 heterocycles. The lowest BCUT2D eigenvalue weighted by atomic mass is 9.67. The van der Waals surface area contributed by atoms with Crippen molar-refractivity contribution in [1.29, 1.82) is 0 Å². The molecule has 1 saturated heterocycles. The van der Waals surface area contributed by atoms with Crippen molar-refractivity contribution in [2.24, 2.45) is 16.7 Å². The van der Waals surface area contributed by atoms with Crippen molar-refractivity contribution in [3.8, 4) is 0 Å². The third-order valence-electron chi connectivity index (χ3n) is 8.41. The molecule has 3 nitrogen and oxygen atoms in total. The number of fused-ring (bicyclic) bond motifs is 2. The van der Waals surface area contributed by atoms with Gasteiger partial charge in [0, 0.05) is 18.3 Å². The van der Waals surface area contributed by atoms with E-state index >= 15 is 0 Å². The Morgan fingerprint density at radius 3 is 2.15 bits per heavy atom. The summed E-state index contributed by atoms with van der Waals surface area (Å²) in [5.74, 6) is 0.508. The quantitative estimate of drug-likeness (QED) is 0.380. The largest absolute Gasteiger partial charge is 0.416 e. The monoisotopic (exact) mass is 493 g/mol. The lowest BCUT2D eigenvalue weighted by molar-refractivity contribution is -0.143. The summed E-state index contributed by atoms with van der Waals surface area (Å²) in [6.45, 7) is 7.78. The fourth-order valence-corrected chi connectivity index (χ4v) is 6.59. The van der Waals surface area contributed by atoms with E-state index in [2.05, 4.69) is 29.4 Å². The number of likely N-dealkylation sites (tertiary alicyclic amines) is 1. The first-order valence-corrected chi connectivity index (χ1v) is 11.7. The van der Waals surface area contributed by atoms with E-state index in [0.29, 0.717) is 18.1 Å². The molecular formula is C23H29F6N3S. The summed E-state index contributed by atoms with van der Waals surface area (Å²) in [6, 6.07) is 1.44. The molecule has 1 aliphatic heterocycles. The molecule has 2 bridgehead atoms. The Bertz CT molecular complexity index is 878. The van der Waals surface area contributed by atoms with Gasteiger partial charge in [-0.2, -0.15) is 26.3 Å². The van der Waals surface area contributed by atoms with Gasteiger partial charge < -0.3 is 15.5 Å². The SMILES string of the molecule is CC1(CN2CCCC2)C2CCC1(C)[C@H](NC(=S)Nc1cc(C(F)(F)F)cc(C(F)(F)F)c1)C2. The molecule has 2 N–H and O–H groups in total. The van der Waals surface area contributed by atoms with Crippen molar-refractivity contribution in [3.63, 3.8) is 0 Å². The van der Waals surface area contributed by atoms with Crippen LogP contribution in [0, 0.1) is 16.7 Å².